The Hall–Kier alpha value is -1.55. The zero-order valence-corrected chi connectivity index (χ0v) is 11.5. The van der Waals surface area contributed by atoms with E-state index in [2.05, 4.69) is 0 Å². The van der Waals surface area contributed by atoms with E-state index < -0.39 is 18.2 Å². The van der Waals surface area contributed by atoms with Gasteiger partial charge in [0.25, 0.3) is 0 Å². The Morgan fingerprint density at radius 1 is 1.00 bits per heavy atom. The van der Waals surface area contributed by atoms with Crippen LogP contribution in [-0.2, 0) is 0 Å². The van der Waals surface area contributed by atoms with E-state index in [1.807, 2.05) is 6.07 Å². The van der Waals surface area contributed by atoms with E-state index >= 15 is 0 Å². The summed E-state index contributed by atoms with van der Waals surface area (Å²) in [7, 11) is 0. The Labute approximate surface area is 117 Å². The Kier molecular flexibility index (Phi) is 6.02. The van der Waals surface area contributed by atoms with Crippen LogP contribution in [0.5, 0.6) is 0 Å². The van der Waals surface area contributed by atoms with Gasteiger partial charge in [0.15, 0.2) is 0 Å². The lowest BCUT2D eigenvalue weighted by molar-refractivity contribution is -0.178. The molecule has 0 heterocycles. The minimum Gasteiger partial charge on any atom is -0.388 e. The topological polar surface area (TPSA) is 20.2 Å². The normalized spacial score (nSPS) is 16.1. The van der Waals surface area contributed by atoms with Crippen molar-refractivity contribution in [2.75, 3.05) is 0 Å². The lowest BCUT2D eigenvalue weighted by atomic mass is 9.98. The molecule has 1 aromatic carbocycles. The van der Waals surface area contributed by atoms with Crippen LogP contribution in [0.1, 0.15) is 19.4 Å². The van der Waals surface area contributed by atoms with Crippen molar-refractivity contribution in [1.82, 2.24) is 0 Å². The van der Waals surface area contributed by atoms with Gasteiger partial charge in [0.1, 0.15) is 5.92 Å². The summed E-state index contributed by atoms with van der Waals surface area (Å²) in [6.07, 6.45) is -0.899. The number of hydrogen-bond donors (Lipinski definition) is 1. The maximum absolute atomic E-state index is 12.9. The Morgan fingerprint density at radius 2 is 1.60 bits per heavy atom. The van der Waals surface area contributed by atoms with Crippen LogP contribution in [0.2, 0.25) is 0 Å². The van der Waals surface area contributed by atoms with Crippen molar-refractivity contribution >= 4 is 6.08 Å². The van der Waals surface area contributed by atoms with Gasteiger partial charge in [0, 0.05) is 0 Å². The second kappa shape index (κ2) is 7.29. The van der Waals surface area contributed by atoms with E-state index in [-0.39, 0.29) is 5.92 Å². The first-order chi connectivity index (χ1) is 9.30. The highest BCUT2D eigenvalue weighted by Crippen LogP contribution is 2.31. The summed E-state index contributed by atoms with van der Waals surface area (Å²) in [5, 5.41) is 9.76. The maximum Gasteiger partial charge on any atom is 0.397 e. The summed E-state index contributed by atoms with van der Waals surface area (Å²) in [5.41, 5.74) is 0.750. The van der Waals surface area contributed by atoms with Gasteiger partial charge < -0.3 is 5.11 Å². The van der Waals surface area contributed by atoms with Crippen LogP contribution in [0.3, 0.4) is 0 Å². The third-order valence-corrected chi connectivity index (χ3v) is 2.73. The molecule has 110 valence electrons. The Bertz CT molecular complexity index is 447. The molecule has 0 bridgehead atoms. The number of benzene rings is 1. The van der Waals surface area contributed by atoms with Gasteiger partial charge in [-0.2, -0.15) is 13.2 Å². The monoisotopic (exact) mass is 284 g/mol. The molecule has 0 saturated heterocycles. The second-order valence-corrected chi connectivity index (χ2v) is 4.96. The van der Waals surface area contributed by atoms with Gasteiger partial charge in [-0.15, -0.1) is 0 Å². The van der Waals surface area contributed by atoms with E-state index in [1.165, 1.54) is 18.2 Å². The SMILES string of the molecule is CC(C)/C=C\[C@H]([C@H](O)/C=C/c1ccccc1)C(F)(F)F. The maximum atomic E-state index is 12.9. The summed E-state index contributed by atoms with van der Waals surface area (Å²) >= 11 is 0. The molecular weight excluding hydrogens is 265 g/mol. The van der Waals surface area contributed by atoms with Gasteiger partial charge >= 0.3 is 6.18 Å². The smallest absolute Gasteiger partial charge is 0.388 e. The molecule has 0 aliphatic rings. The van der Waals surface area contributed by atoms with Gasteiger partial charge in [-0.3, -0.25) is 0 Å². The number of rotatable bonds is 5. The predicted octanol–water partition coefficient (Wildman–Crippen LogP) is 4.45. The van der Waals surface area contributed by atoms with Crippen molar-refractivity contribution in [2.24, 2.45) is 11.8 Å². The highest BCUT2D eigenvalue weighted by atomic mass is 19.4. The predicted molar refractivity (Wildman–Crippen MR) is 75.0 cm³/mol. The summed E-state index contributed by atoms with van der Waals surface area (Å²) in [6.45, 7) is 3.58. The van der Waals surface area contributed by atoms with Crippen LogP contribution in [0, 0.1) is 11.8 Å². The second-order valence-electron chi connectivity index (χ2n) is 4.96. The van der Waals surface area contributed by atoms with Crippen molar-refractivity contribution in [2.45, 2.75) is 26.1 Å². The molecule has 0 aromatic heterocycles. The van der Waals surface area contributed by atoms with Gasteiger partial charge in [-0.1, -0.05) is 68.5 Å². The first kappa shape index (κ1) is 16.5. The number of allylic oxidation sites excluding steroid dienone is 1. The third-order valence-electron chi connectivity index (χ3n) is 2.73. The van der Waals surface area contributed by atoms with Crippen molar-refractivity contribution < 1.29 is 18.3 Å². The quantitative estimate of drug-likeness (QED) is 0.792. The largest absolute Gasteiger partial charge is 0.397 e. The lowest BCUT2D eigenvalue weighted by Gasteiger charge is -2.20. The molecule has 0 spiro atoms. The molecule has 0 aliphatic heterocycles. The molecule has 0 fully saturated rings. The molecule has 0 radical (unpaired) electrons. The number of alkyl halides is 3. The van der Waals surface area contributed by atoms with Crippen LogP contribution < -0.4 is 0 Å². The average molecular weight is 284 g/mol. The fourth-order valence-electron chi connectivity index (χ4n) is 1.65. The summed E-state index contributed by atoms with van der Waals surface area (Å²) < 4.78 is 38.7. The molecule has 2 atom stereocenters. The zero-order chi connectivity index (χ0) is 15.2. The summed E-state index contributed by atoms with van der Waals surface area (Å²) in [4.78, 5) is 0. The fourth-order valence-corrected chi connectivity index (χ4v) is 1.65. The molecule has 0 aliphatic carbocycles. The summed E-state index contributed by atoms with van der Waals surface area (Å²) in [5.74, 6) is -1.88. The summed E-state index contributed by atoms with van der Waals surface area (Å²) in [6, 6.07) is 8.90. The number of aliphatic hydroxyl groups excluding tert-OH is 1. The number of hydrogen-bond acceptors (Lipinski definition) is 1. The molecular formula is C16H19F3O. The van der Waals surface area contributed by atoms with E-state index in [0.29, 0.717) is 0 Å². The molecule has 1 nitrogen and oxygen atoms in total. The number of aliphatic hydroxyl groups is 1. The van der Waals surface area contributed by atoms with E-state index in [0.717, 1.165) is 11.6 Å². The molecule has 1 N–H and O–H groups in total. The van der Waals surface area contributed by atoms with E-state index in [4.69, 9.17) is 0 Å². The minimum atomic E-state index is -4.47. The van der Waals surface area contributed by atoms with Gasteiger partial charge in [0.2, 0.25) is 0 Å². The van der Waals surface area contributed by atoms with E-state index in [9.17, 15) is 18.3 Å². The molecule has 0 amide bonds. The Morgan fingerprint density at radius 3 is 2.10 bits per heavy atom. The highest BCUT2D eigenvalue weighted by molar-refractivity contribution is 5.49. The standard InChI is InChI=1S/C16H19F3O/c1-12(2)8-10-14(16(17,18)19)15(20)11-9-13-6-4-3-5-7-13/h3-12,14-15,20H,1-2H3/b10-8-,11-9+/t14-,15-/m1/s1. The highest BCUT2D eigenvalue weighted by Gasteiger charge is 2.41. The van der Waals surface area contributed by atoms with Gasteiger partial charge in [-0.25, -0.2) is 0 Å². The van der Waals surface area contributed by atoms with Gasteiger partial charge in [-0.05, 0) is 11.5 Å². The van der Waals surface area contributed by atoms with Crippen LogP contribution in [-0.4, -0.2) is 17.4 Å². The number of halogens is 3. The van der Waals surface area contributed by atoms with Crippen molar-refractivity contribution in [1.29, 1.82) is 0 Å². The third kappa shape index (κ3) is 5.61. The van der Waals surface area contributed by atoms with E-state index in [1.54, 1.807) is 38.1 Å². The molecule has 0 unspecified atom stereocenters. The average Bonchev–Trinajstić information content (AvgIpc) is 2.35. The molecule has 4 heteroatoms. The van der Waals surface area contributed by atoms with Crippen LogP contribution in [0.25, 0.3) is 6.08 Å². The van der Waals surface area contributed by atoms with Crippen LogP contribution in [0.15, 0.2) is 48.6 Å². The van der Waals surface area contributed by atoms with Crippen LogP contribution in [0.4, 0.5) is 13.2 Å². The fraction of sp³-hybridized carbons (Fsp3) is 0.375. The zero-order valence-electron chi connectivity index (χ0n) is 11.5. The van der Waals surface area contributed by atoms with Crippen molar-refractivity contribution in [3.63, 3.8) is 0 Å². The minimum absolute atomic E-state index is 0.00477. The first-order valence-electron chi connectivity index (χ1n) is 6.47. The molecule has 1 aromatic rings. The van der Waals surface area contributed by atoms with Crippen molar-refractivity contribution in [3.05, 3.63) is 54.1 Å². The van der Waals surface area contributed by atoms with Crippen molar-refractivity contribution in [3.8, 4) is 0 Å². The Balaban J connectivity index is 2.83. The first-order valence-corrected chi connectivity index (χ1v) is 6.47. The molecule has 20 heavy (non-hydrogen) atoms. The lowest BCUT2D eigenvalue weighted by Crippen LogP contribution is -2.31. The van der Waals surface area contributed by atoms with Gasteiger partial charge in [0.05, 0.1) is 6.10 Å². The molecule has 1 rings (SSSR count). The van der Waals surface area contributed by atoms with Crippen LogP contribution >= 0.6 is 0 Å². The molecule has 0 saturated carbocycles.